The van der Waals surface area contributed by atoms with Gasteiger partial charge in [0.2, 0.25) is 5.91 Å². The van der Waals surface area contributed by atoms with Crippen LogP contribution in [0, 0.1) is 0 Å². The van der Waals surface area contributed by atoms with E-state index in [1.807, 2.05) is 48.5 Å². The molecular weight excluding hydrogens is 419 g/mol. The summed E-state index contributed by atoms with van der Waals surface area (Å²) in [5.74, 6) is 0.537. The van der Waals surface area contributed by atoms with Crippen molar-refractivity contribution in [1.29, 1.82) is 0 Å². The molecule has 6 heteroatoms. The number of amides is 1. The predicted octanol–water partition coefficient (Wildman–Crippen LogP) is 7.10. The number of nitrogens with one attached hydrogen (secondary N) is 2. The van der Waals surface area contributed by atoms with E-state index in [1.54, 1.807) is 18.2 Å². The van der Waals surface area contributed by atoms with Crippen LogP contribution in [0.15, 0.2) is 66.7 Å². The summed E-state index contributed by atoms with van der Waals surface area (Å²) in [7, 11) is 0. The van der Waals surface area contributed by atoms with Gasteiger partial charge < -0.3 is 15.4 Å². The Morgan fingerprint density at radius 3 is 2.30 bits per heavy atom. The average Bonchev–Trinajstić information content (AvgIpc) is 2.73. The van der Waals surface area contributed by atoms with Gasteiger partial charge in [0.05, 0.1) is 34.4 Å². The van der Waals surface area contributed by atoms with Gasteiger partial charge in [-0.15, -0.1) is 0 Å². The highest BCUT2D eigenvalue weighted by Gasteiger charge is 2.13. The molecule has 3 rings (SSSR count). The zero-order valence-electron chi connectivity index (χ0n) is 16.8. The van der Waals surface area contributed by atoms with E-state index in [0.717, 1.165) is 24.1 Å². The Labute approximate surface area is 187 Å². The molecule has 0 radical (unpaired) electrons. The van der Waals surface area contributed by atoms with Crippen LogP contribution in [0.3, 0.4) is 0 Å². The molecule has 156 valence electrons. The largest absolute Gasteiger partial charge is 0.491 e. The van der Waals surface area contributed by atoms with Crippen LogP contribution < -0.4 is 15.4 Å². The zero-order chi connectivity index (χ0) is 21.3. The van der Waals surface area contributed by atoms with Gasteiger partial charge in [0, 0.05) is 5.69 Å². The highest BCUT2D eigenvalue weighted by molar-refractivity contribution is 6.39. The van der Waals surface area contributed by atoms with Gasteiger partial charge >= 0.3 is 0 Å². The molecule has 0 heterocycles. The molecule has 1 amide bonds. The molecule has 0 atom stereocenters. The molecule has 0 aliphatic heterocycles. The van der Waals surface area contributed by atoms with Gasteiger partial charge in [0.15, 0.2) is 0 Å². The van der Waals surface area contributed by atoms with Gasteiger partial charge in [-0.2, -0.15) is 0 Å². The van der Waals surface area contributed by atoms with Crippen LogP contribution in [0.4, 0.5) is 17.1 Å². The highest BCUT2D eigenvalue weighted by Crippen LogP contribution is 2.34. The maximum Gasteiger partial charge on any atom is 0.228 e. The van der Waals surface area contributed by atoms with Gasteiger partial charge in [0.1, 0.15) is 5.75 Å². The second-order valence-corrected chi connectivity index (χ2v) is 7.62. The van der Waals surface area contributed by atoms with Crippen molar-refractivity contribution in [1.82, 2.24) is 0 Å². The van der Waals surface area contributed by atoms with E-state index in [2.05, 4.69) is 17.6 Å². The minimum absolute atomic E-state index is 0.138. The number of carbonyl (C=O) groups excluding carboxylic acids is 1. The van der Waals surface area contributed by atoms with Crippen molar-refractivity contribution < 1.29 is 9.53 Å². The van der Waals surface area contributed by atoms with Crippen LogP contribution in [0.2, 0.25) is 10.0 Å². The third-order valence-corrected chi connectivity index (χ3v) is 5.14. The lowest BCUT2D eigenvalue weighted by Gasteiger charge is -2.15. The number of halogens is 2. The summed E-state index contributed by atoms with van der Waals surface area (Å²) in [5.41, 5.74) is 2.88. The molecule has 0 saturated carbocycles. The fourth-order valence-electron chi connectivity index (χ4n) is 2.94. The molecule has 4 nitrogen and oxygen atoms in total. The summed E-state index contributed by atoms with van der Waals surface area (Å²) in [5, 5.41) is 7.24. The number of anilines is 3. The van der Waals surface area contributed by atoms with E-state index in [9.17, 15) is 4.79 Å². The van der Waals surface area contributed by atoms with Crippen LogP contribution in [-0.4, -0.2) is 12.5 Å². The molecule has 0 aromatic heterocycles. The number of hydrogen-bond acceptors (Lipinski definition) is 3. The van der Waals surface area contributed by atoms with E-state index in [-0.39, 0.29) is 12.3 Å². The first-order valence-corrected chi connectivity index (χ1v) is 10.6. The minimum Gasteiger partial charge on any atom is -0.491 e. The van der Waals surface area contributed by atoms with Gasteiger partial charge in [-0.25, -0.2) is 0 Å². The molecular formula is C24H24Cl2N2O2. The molecule has 30 heavy (non-hydrogen) atoms. The first-order chi connectivity index (χ1) is 14.6. The summed E-state index contributed by atoms with van der Waals surface area (Å²) in [6.07, 6.45) is 2.20. The van der Waals surface area contributed by atoms with Crippen molar-refractivity contribution in [3.05, 3.63) is 82.3 Å². The SMILES string of the molecule is CCCCOc1ccccc1NC(=O)Cc1ccccc1Nc1c(Cl)cccc1Cl. The normalized spacial score (nSPS) is 10.5. The quantitative estimate of drug-likeness (QED) is 0.347. The van der Waals surface area contributed by atoms with Crippen molar-refractivity contribution in [3.63, 3.8) is 0 Å². The third kappa shape index (κ3) is 5.91. The van der Waals surface area contributed by atoms with Crippen molar-refractivity contribution in [2.24, 2.45) is 0 Å². The number of hydrogen-bond donors (Lipinski definition) is 2. The standard InChI is InChI=1S/C24H24Cl2N2O2/c1-2-3-15-30-22-14-7-6-13-21(22)27-23(29)16-17-9-4-5-12-20(17)28-24-18(25)10-8-11-19(24)26/h4-14,28H,2-3,15-16H2,1H3,(H,27,29). The maximum absolute atomic E-state index is 12.8. The fraction of sp³-hybridized carbons (Fsp3) is 0.208. The zero-order valence-corrected chi connectivity index (χ0v) is 18.3. The summed E-state index contributed by atoms with van der Waals surface area (Å²) < 4.78 is 5.80. The van der Waals surface area contributed by atoms with E-state index in [0.29, 0.717) is 33.8 Å². The van der Waals surface area contributed by atoms with E-state index < -0.39 is 0 Å². The van der Waals surface area contributed by atoms with Gasteiger partial charge in [-0.1, -0.05) is 72.9 Å². The average molecular weight is 443 g/mol. The minimum atomic E-state index is -0.138. The van der Waals surface area contributed by atoms with Crippen LogP contribution in [0.1, 0.15) is 25.3 Å². The first-order valence-electron chi connectivity index (χ1n) is 9.89. The Balaban J connectivity index is 1.73. The molecule has 2 N–H and O–H groups in total. The van der Waals surface area contributed by atoms with Crippen molar-refractivity contribution in [2.75, 3.05) is 17.2 Å². The molecule has 3 aromatic carbocycles. The number of ether oxygens (including phenoxy) is 1. The summed E-state index contributed by atoms with van der Waals surface area (Å²) in [6.45, 7) is 2.73. The second kappa shape index (κ2) is 10.9. The lowest BCUT2D eigenvalue weighted by molar-refractivity contribution is -0.115. The Morgan fingerprint density at radius 2 is 1.57 bits per heavy atom. The van der Waals surface area contributed by atoms with E-state index in [1.165, 1.54) is 0 Å². The second-order valence-electron chi connectivity index (χ2n) is 6.80. The fourth-order valence-corrected chi connectivity index (χ4v) is 3.43. The number of rotatable bonds is 9. The smallest absolute Gasteiger partial charge is 0.228 e. The number of carbonyl (C=O) groups is 1. The van der Waals surface area contributed by atoms with Crippen molar-refractivity contribution in [2.45, 2.75) is 26.2 Å². The highest BCUT2D eigenvalue weighted by atomic mass is 35.5. The van der Waals surface area contributed by atoms with Gasteiger partial charge in [0.25, 0.3) is 0 Å². The Hall–Kier alpha value is -2.69. The van der Waals surface area contributed by atoms with Crippen LogP contribution in [0.25, 0.3) is 0 Å². The van der Waals surface area contributed by atoms with E-state index in [4.69, 9.17) is 27.9 Å². The van der Waals surface area contributed by atoms with Crippen LogP contribution in [-0.2, 0) is 11.2 Å². The summed E-state index contributed by atoms with van der Waals surface area (Å²) >= 11 is 12.5. The van der Waals surface area contributed by atoms with Crippen LogP contribution in [0.5, 0.6) is 5.75 Å². The Kier molecular flexibility index (Phi) is 8.00. The predicted molar refractivity (Wildman–Crippen MR) is 125 cm³/mol. The molecule has 0 fully saturated rings. The third-order valence-electron chi connectivity index (χ3n) is 4.51. The lowest BCUT2D eigenvalue weighted by atomic mass is 10.1. The van der Waals surface area contributed by atoms with Gasteiger partial charge in [-0.05, 0) is 42.3 Å². The Bertz CT molecular complexity index is 988. The van der Waals surface area contributed by atoms with Crippen molar-refractivity contribution in [3.8, 4) is 5.75 Å². The van der Waals surface area contributed by atoms with E-state index >= 15 is 0 Å². The van der Waals surface area contributed by atoms with Gasteiger partial charge in [-0.3, -0.25) is 4.79 Å². The van der Waals surface area contributed by atoms with Crippen molar-refractivity contribution >= 4 is 46.2 Å². The topological polar surface area (TPSA) is 50.4 Å². The number of unbranched alkanes of at least 4 members (excludes halogenated alkanes) is 1. The monoisotopic (exact) mass is 442 g/mol. The first kappa shape index (κ1) is 22.0. The molecule has 0 spiro atoms. The summed E-state index contributed by atoms with van der Waals surface area (Å²) in [6, 6.07) is 20.4. The number of para-hydroxylation sites is 4. The summed E-state index contributed by atoms with van der Waals surface area (Å²) in [4.78, 5) is 12.8. The molecule has 0 bridgehead atoms. The maximum atomic E-state index is 12.8. The Morgan fingerprint density at radius 1 is 0.900 bits per heavy atom. The number of benzene rings is 3. The molecule has 3 aromatic rings. The lowest BCUT2D eigenvalue weighted by Crippen LogP contribution is -2.16. The molecule has 0 saturated heterocycles. The molecule has 0 unspecified atom stereocenters. The molecule has 0 aliphatic rings. The molecule has 0 aliphatic carbocycles. The van der Waals surface area contributed by atoms with Crippen LogP contribution >= 0.6 is 23.2 Å².